The molecule has 0 aliphatic carbocycles. The van der Waals surface area contributed by atoms with Crippen molar-refractivity contribution >= 4 is 12.6 Å². The fourth-order valence-electron chi connectivity index (χ4n) is 3.41. The van der Waals surface area contributed by atoms with E-state index >= 15 is 0 Å². The minimum absolute atomic E-state index is 0.235. The largest absolute Gasteiger partial charge is 0.484 e. The van der Waals surface area contributed by atoms with E-state index in [2.05, 4.69) is 12.6 Å². The molecule has 3 aromatic carbocycles. The molecule has 0 aromatic heterocycles. The van der Waals surface area contributed by atoms with E-state index in [1.165, 1.54) is 0 Å². The number of hydrogen-bond donors (Lipinski definition) is 2. The lowest BCUT2D eigenvalue weighted by Crippen LogP contribution is -2.63. The zero-order valence-electron chi connectivity index (χ0n) is 16.3. The third-order valence-electron chi connectivity index (χ3n) is 4.84. The van der Waals surface area contributed by atoms with Crippen LogP contribution < -0.4 is 14.2 Å². The van der Waals surface area contributed by atoms with Crippen LogP contribution in [0.25, 0.3) is 0 Å². The number of benzene rings is 3. The van der Waals surface area contributed by atoms with Crippen molar-refractivity contribution in [1.82, 2.24) is 0 Å². The molecule has 156 valence electrons. The van der Waals surface area contributed by atoms with Crippen LogP contribution >= 0.6 is 12.6 Å². The standard InChI is InChI=1S/C24H24O5S/c25-16-20-21(26-17-10-4-1-5-11-17)22(27-18-12-6-2-7-13-18)23(24(30)29-20)28-19-14-8-3-9-15-19/h1-15,20-25,30H,16H2/t20-,21-,22+,23-,24-/m1/s1. The number of rotatable bonds is 7. The van der Waals surface area contributed by atoms with Crippen molar-refractivity contribution in [3.63, 3.8) is 0 Å². The molecule has 0 saturated carbocycles. The third kappa shape index (κ3) is 4.90. The van der Waals surface area contributed by atoms with Crippen LogP contribution in [0.2, 0.25) is 0 Å². The van der Waals surface area contributed by atoms with E-state index in [0.717, 1.165) is 0 Å². The number of ether oxygens (including phenoxy) is 4. The van der Waals surface area contributed by atoms with Gasteiger partial charge in [0.1, 0.15) is 28.8 Å². The van der Waals surface area contributed by atoms with Crippen LogP contribution in [0.1, 0.15) is 0 Å². The summed E-state index contributed by atoms with van der Waals surface area (Å²) in [6, 6.07) is 28.3. The maximum atomic E-state index is 9.98. The second-order valence-electron chi connectivity index (χ2n) is 6.93. The fourth-order valence-corrected chi connectivity index (χ4v) is 3.80. The molecule has 1 fully saturated rings. The summed E-state index contributed by atoms with van der Waals surface area (Å²) in [5, 5.41) is 9.98. The SMILES string of the molecule is OC[C@H]1O[C@H](S)[C@H](Oc2ccccc2)[C@@H](Oc2ccccc2)[C@@H]1Oc1ccccc1. The second-order valence-corrected chi connectivity index (χ2v) is 7.44. The quantitative estimate of drug-likeness (QED) is 0.562. The molecule has 0 bridgehead atoms. The van der Waals surface area contributed by atoms with Crippen LogP contribution in [0.3, 0.4) is 0 Å². The van der Waals surface area contributed by atoms with Gasteiger partial charge < -0.3 is 24.1 Å². The molecule has 1 aliphatic heterocycles. The summed E-state index contributed by atoms with van der Waals surface area (Å²) in [5.74, 6) is 2.00. The second kappa shape index (κ2) is 9.89. The number of hydrogen-bond acceptors (Lipinski definition) is 6. The molecule has 6 heteroatoms. The molecule has 5 nitrogen and oxygen atoms in total. The maximum Gasteiger partial charge on any atom is 0.178 e. The monoisotopic (exact) mass is 424 g/mol. The molecule has 1 saturated heterocycles. The van der Waals surface area contributed by atoms with E-state index < -0.39 is 29.9 Å². The molecule has 30 heavy (non-hydrogen) atoms. The van der Waals surface area contributed by atoms with Crippen molar-refractivity contribution in [3.8, 4) is 17.2 Å². The normalized spacial score (nSPS) is 26.0. The number of aliphatic hydroxyl groups excluding tert-OH is 1. The predicted molar refractivity (Wildman–Crippen MR) is 117 cm³/mol. The minimum atomic E-state index is -0.628. The van der Waals surface area contributed by atoms with E-state index in [0.29, 0.717) is 17.2 Å². The Morgan fingerprint density at radius 3 is 1.47 bits per heavy atom. The van der Waals surface area contributed by atoms with Gasteiger partial charge in [0.2, 0.25) is 0 Å². The topological polar surface area (TPSA) is 57.2 Å². The van der Waals surface area contributed by atoms with Gasteiger partial charge in [-0.3, -0.25) is 0 Å². The smallest absolute Gasteiger partial charge is 0.178 e. The van der Waals surface area contributed by atoms with E-state index in [-0.39, 0.29) is 6.61 Å². The average molecular weight is 425 g/mol. The Bertz CT molecular complexity index is 893. The third-order valence-corrected chi connectivity index (χ3v) is 5.25. The summed E-state index contributed by atoms with van der Waals surface area (Å²) < 4.78 is 24.8. The minimum Gasteiger partial charge on any atom is -0.484 e. The van der Waals surface area contributed by atoms with Gasteiger partial charge in [-0.25, -0.2) is 0 Å². The van der Waals surface area contributed by atoms with Crippen LogP contribution in [0.5, 0.6) is 17.2 Å². The predicted octanol–water partition coefficient (Wildman–Crippen LogP) is 3.98. The zero-order chi connectivity index (χ0) is 20.8. The number of para-hydroxylation sites is 3. The lowest BCUT2D eigenvalue weighted by molar-refractivity contribution is -0.183. The van der Waals surface area contributed by atoms with Crippen LogP contribution in [0.15, 0.2) is 91.0 Å². The highest BCUT2D eigenvalue weighted by Gasteiger charge is 2.49. The van der Waals surface area contributed by atoms with Gasteiger partial charge in [0.15, 0.2) is 18.3 Å². The molecule has 4 rings (SSSR count). The van der Waals surface area contributed by atoms with Gasteiger partial charge in [0, 0.05) is 0 Å². The van der Waals surface area contributed by atoms with Gasteiger partial charge in [-0.15, -0.1) is 12.6 Å². The summed E-state index contributed by atoms with van der Waals surface area (Å²) in [6.45, 7) is -0.235. The lowest BCUT2D eigenvalue weighted by Gasteiger charge is -2.44. The van der Waals surface area contributed by atoms with Crippen molar-refractivity contribution < 1.29 is 24.1 Å². The molecule has 3 aromatic rings. The molecule has 0 radical (unpaired) electrons. The highest BCUT2D eigenvalue weighted by atomic mass is 32.1. The van der Waals surface area contributed by atoms with Gasteiger partial charge >= 0.3 is 0 Å². The van der Waals surface area contributed by atoms with Crippen LogP contribution in [0.4, 0.5) is 0 Å². The van der Waals surface area contributed by atoms with E-state index in [1.807, 2.05) is 91.0 Å². The Morgan fingerprint density at radius 1 is 0.633 bits per heavy atom. The molecule has 0 amide bonds. The molecule has 1 N–H and O–H groups in total. The zero-order valence-corrected chi connectivity index (χ0v) is 17.2. The molecule has 1 heterocycles. The lowest BCUT2D eigenvalue weighted by atomic mass is 9.99. The summed E-state index contributed by atoms with van der Waals surface area (Å²) in [4.78, 5) is 0. The maximum absolute atomic E-state index is 9.98. The molecule has 0 unspecified atom stereocenters. The van der Waals surface area contributed by atoms with E-state index in [1.54, 1.807) is 0 Å². The van der Waals surface area contributed by atoms with Crippen molar-refractivity contribution in [2.45, 2.75) is 29.9 Å². The van der Waals surface area contributed by atoms with Crippen molar-refractivity contribution in [3.05, 3.63) is 91.0 Å². The Labute approximate surface area is 181 Å². The first-order valence-electron chi connectivity index (χ1n) is 9.84. The summed E-state index contributed by atoms with van der Waals surface area (Å²) in [7, 11) is 0. The van der Waals surface area contributed by atoms with Crippen LogP contribution in [-0.4, -0.2) is 41.6 Å². The van der Waals surface area contributed by atoms with E-state index in [9.17, 15) is 5.11 Å². The Hall–Kier alpha value is -2.67. The Balaban J connectivity index is 1.67. The fraction of sp³-hybridized carbons (Fsp3) is 0.250. The Kier molecular flexibility index (Phi) is 6.79. The number of thiol groups is 1. The first kappa shape index (κ1) is 20.6. The molecule has 5 atom stereocenters. The molecule has 1 aliphatic rings. The van der Waals surface area contributed by atoms with Crippen molar-refractivity contribution in [2.75, 3.05) is 6.61 Å². The van der Waals surface area contributed by atoms with Gasteiger partial charge in [-0.2, -0.15) is 0 Å². The van der Waals surface area contributed by atoms with Gasteiger partial charge in [-0.1, -0.05) is 54.6 Å². The first-order valence-corrected chi connectivity index (χ1v) is 10.4. The highest BCUT2D eigenvalue weighted by Crippen LogP contribution is 2.32. The molecular weight excluding hydrogens is 400 g/mol. The number of aliphatic hydroxyl groups is 1. The molecular formula is C24H24O5S. The van der Waals surface area contributed by atoms with Gasteiger partial charge in [0.25, 0.3) is 0 Å². The van der Waals surface area contributed by atoms with Gasteiger partial charge in [-0.05, 0) is 36.4 Å². The van der Waals surface area contributed by atoms with Crippen molar-refractivity contribution in [2.24, 2.45) is 0 Å². The summed E-state index contributed by atoms with van der Waals surface area (Å²) in [6.07, 6.45) is -2.40. The van der Waals surface area contributed by atoms with Crippen LogP contribution in [-0.2, 0) is 4.74 Å². The molecule has 0 spiro atoms. The van der Waals surface area contributed by atoms with Crippen molar-refractivity contribution in [1.29, 1.82) is 0 Å². The Morgan fingerprint density at radius 2 is 1.03 bits per heavy atom. The average Bonchev–Trinajstić information content (AvgIpc) is 2.80. The van der Waals surface area contributed by atoms with Crippen LogP contribution in [0, 0.1) is 0 Å². The first-order chi connectivity index (χ1) is 14.7. The summed E-state index contributed by atoms with van der Waals surface area (Å²) >= 11 is 4.60. The summed E-state index contributed by atoms with van der Waals surface area (Å²) in [5.41, 5.74) is -0.619. The van der Waals surface area contributed by atoms with Gasteiger partial charge in [0.05, 0.1) is 6.61 Å². The van der Waals surface area contributed by atoms with E-state index in [4.69, 9.17) is 18.9 Å². The highest BCUT2D eigenvalue weighted by molar-refractivity contribution is 7.80.